The van der Waals surface area contributed by atoms with E-state index in [2.05, 4.69) is 4.72 Å². The largest absolute Gasteiger partial charge is 0.490 e. The zero-order valence-electron chi connectivity index (χ0n) is 12.3. The fourth-order valence-corrected chi connectivity index (χ4v) is 2.90. The molecule has 1 rings (SSSR count). The zero-order valence-corrected chi connectivity index (χ0v) is 13.2. The Kier molecular flexibility index (Phi) is 5.83. The van der Waals surface area contributed by atoms with Crippen LogP contribution in [0.3, 0.4) is 0 Å². The minimum absolute atomic E-state index is 0.00371. The van der Waals surface area contributed by atoms with Gasteiger partial charge in [-0.2, -0.15) is 0 Å². The van der Waals surface area contributed by atoms with Gasteiger partial charge in [-0.25, -0.2) is 13.1 Å². The number of hydrogen-bond donors (Lipinski definition) is 2. The van der Waals surface area contributed by atoms with Gasteiger partial charge in [0.05, 0.1) is 11.4 Å². The van der Waals surface area contributed by atoms with E-state index in [0.29, 0.717) is 17.9 Å². The Labute approximate surface area is 121 Å². The molecule has 0 aliphatic carbocycles. The van der Waals surface area contributed by atoms with Gasteiger partial charge in [0.1, 0.15) is 12.4 Å². The fourth-order valence-electron chi connectivity index (χ4n) is 1.48. The monoisotopic (exact) mass is 300 g/mol. The molecule has 20 heavy (non-hydrogen) atoms. The third-order valence-corrected chi connectivity index (χ3v) is 4.11. The predicted molar refractivity (Wildman–Crippen MR) is 82.2 cm³/mol. The van der Waals surface area contributed by atoms with E-state index in [1.807, 2.05) is 32.9 Å². The SMILES string of the molecule is CC(C)(C)CCS(=O)(=O)NCCOc1ccccc1N. The predicted octanol–water partition coefficient (Wildman–Crippen LogP) is 2.00. The topological polar surface area (TPSA) is 81.4 Å². The summed E-state index contributed by atoms with van der Waals surface area (Å²) in [6, 6.07) is 7.13. The lowest BCUT2D eigenvalue weighted by Crippen LogP contribution is -2.31. The lowest BCUT2D eigenvalue weighted by molar-refractivity contribution is 0.324. The molecule has 0 saturated heterocycles. The van der Waals surface area contributed by atoms with E-state index in [1.54, 1.807) is 12.1 Å². The number of sulfonamides is 1. The Morgan fingerprint density at radius 2 is 1.90 bits per heavy atom. The van der Waals surface area contributed by atoms with Crippen molar-refractivity contribution in [3.05, 3.63) is 24.3 Å². The number of nitrogens with two attached hydrogens (primary N) is 1. The molecule has 114 valence electrons. The quantitative estimate of drug-likeness (QED) is 0.596. The number of nitrogen functional groups attached to an aromatic ring is 1. The van der Waals surface area contributed by atoms with Gasteiger partial charge in [-0.1, -0.05) is 32.9 Å². The third-order valence-electron chi connectivity index (χ3n) is 2.72. The second-order valence-electron chi connectivity index (χ2n) is 5.91. The Hall–Kier alpha value is -1.27. The number of nitrogens with one attached hydrogen (secondary N) is 1. The maximum Gasteiger partial charge on any atom is 0.211 e. The number of ether oxygens (including phenoxy) is 1. The molecule has 0 spiro atoms. The molecular weight excluding hydrogens is 276 g/mol. The summed E-state index contributed by atoms with van der Waals surface area (Å²) in [6.07, 6.45) is 0.620. The van der Waals surface area contributed by atoms with Crippen LogP contribution >= 0.6 is 0 Å². The van der Waals surface area contributed by atoms with Crippen molar-refractivity contribution in [3.8, 4) is 5.75 Å². The summed E-state index contributed by atoms with van der Waals surface area (Å²) in [5.41, 5.74) is 6.27. The normalized spacial score (nSPS) is 12.3. The zero-order chi connectivity index (χ0) is 15.2. The van der Waals surface area contributed by atoms with Crippen molar-refractivity contribution in [2.45, 2.75) is 27.2 Å². The second-order valence-corrected chi connectivity index (χ2v) is 7.84. The molecule has 0 aromatic heterocycles. The molecule has 0 aliphatic heterocycles. The first-order valence-corrected chi connectivity index (χ1v) is 8.29. The van der Waals surface area contributed by atoms with Crippen molar-refractivity contribution in [2.75, 3.05) is 24.6 Å². The van der Waals surface area contributed by atoms with Gasteiger partial charge < -0.3 is 10.5 Å². The highest BCUT2D eigenvalue weighted by molar-refractivity contribution is 7.89. The second kappa shape index (κ2) is 6.95. The number of para-hydroxylation sites is 2. The maximum absolute atomic E-state index is 11.8. The number of anilines is 1. The van der Waals surface area contributed by atoms with Gasteiger partial charge in [0, 0.05) is 6.54 Å². The van der Waals surface area contributed by atoms with E-state index in [0.717, 1.165) is 0 Å². The van der Waals surface area contributed by atoms with E-state index in [1.165, 1.54) is 0 Å². The highest BCUT2D eigenvalue weighted by Gasteiger charge is 2.16. The first-order chi connectivity index (χ1) is 9.20. The van der Waals surface area contributed by atoms with Crippen LogP contribution in [-0.2, 0) is 10.0 Å². The Bertz CT molecular complexity index is 521. The summed E-state index contributed by atoms with van der Waals surface area (Å²) in [5, 5.41) is 0. The Morgan fingerprint density at radius 1 is 1.25 bits per heavy atom. The molecule has 0 unspecified atom stereocenters. The Balaban J connectivity index is 2.32. The molecule has 0 radical (unpaired) electrons. The summed E-state index contributed by atoms with van der Waals surface area (Å²) in [5.74, 6) is 0.700. The Morgan fingerprint density at radius 3 is 2.50 bits per heavy atom. The van der Waals surface area contributed by atoms with Crippen molar-refractivity contribution in [2.24, 2.45) is 5.41 Å². The highest BCUT2D eigenvalue weighted by Crippen LogP contribution is 2.20. The van der Waals surface area contributed by atoms with Gasteiger partial charge >= 0.3 is 0 Å². The van der Waals surface area contributed by atoms with Crippen molar-refractivity contribution in [1.82, 2.24) is 4.72 Å². The summed E-state index contributed by atoms with van der Waals surface area (Å²) < 4.78 is 31.5. The molecule has 0 aliphatic rings. The molecule has 0 fully saturated rings. The molecule has 0 bridgehead atoms. The smallest absolute Gasteiger partial charge is 0.211 e. The molecule has 1 aromatic rings. The lowest BCUT2D eigenvalue weighted by Gasteiger charge is -2.18. The van der Waals surface area contributed by atoms with E-state index >= 15 is 0 Å². The molecule has 1 aromatic carbocycles. The van der Waals surface area contributed by atoms with E-state index in [4.69, 9.17) is 10.5 Å². The van der Waals surface area contributed by atoms with Crippen LogP contribution in [0.4, 0.5) is 5.69 Å². The molecule has 0 heterocycles. The third kappa shape index (κ3) is 6.77. The average molecular weight is 300 g/mol. The van der Waals surface area contributed by atoms with Crippen LogP contribution in [0.5, 0.6) is 5.75 Å². The molecule has 0 amide bonds. The lowest BCUT2D eigenvalue weighted by atomic mass is 9.94. The molecule has 5 nitrogen and oxygen atoms in total. The van der Waals surface area contributed by atoms with Gasteiger partial charge in [-0.3, -0.25) is 0 Å². The van der Waals surface area contributed by atoms with Crippen molar-refractivity contribution < 1.29 is 13.2 Å². The van der Waals surface area contributed by atoms with Gasteiger partial charge in [0.2, 0.25) is 10.0 Å². The number of rotatable bonds is 7. The van der Waals surface area contributed by atoms with Crippen LogP contribution in [0, 0.1) is 5.41 Å². The molecule has 0 saturated carbocycles. The van der Waals surface area contributed by atoms with Crippen molar-refractivity contribution >= 4 is 15.7 Å². The van der Waals surface area contributed by atoms with Crippen molar-refractivity contribution in [3.63, 3.8) is 0 Å². The van der Waals surface area contributed by atoms with Crippen LogP contribution in [0.25, 0.3) is 0 Å². The van der Waals surface area contributed by atoms with Crippen LogP contribution in [-0.4, -0.2) is 27.3 Å². The summed E-state index contributed by atoms with van der Waals surface area (Å²) in [4.78, 5) is 0. The average Bonchev–Trinajstić information content (AvgIpc) is 2.34. The minimum Gasteiger partial charge on any atom is -0.490 e. The van der Waals surface area contributed by atoms with Gasteiger partial charge in [0.15, 0.2) is 0 Å². The van der Waals surface area contributed by atoms with Crippen LogP contribution in [0.1, 0.15) is 27.2 Å². The maximum atomic E-state index is 11.8. The molecule has 6 heteroatoms. The van der Waals surface area contributed by atoms with Crippen LogP contribution in [0.2, 0.25) is 0 Å². The van der Waals surface area contributed by atoms with Crippen LogP contribution in [0.15, 0.2) is 24.3 Å². The fraction of sp³-hybridized carbons (Fsp3) is 0.571. The van der Waals surface area contributed by atoms with E-state index < -0.39 is 10.0 Å². The summed E-state index contributed by atoms with van der Waals surface area (Å²) >= 11 is 0. The summed E-state index contributed by atoms with van der Waals surface area (Å²) in [6.45, 7) is 6.54. The number of benzene rings is 1. The first-order valence-electron chi connectivity index (χ1n) is 6.64. The molecule has 0 atom stereocenters. The van der Waals surface area contributed by atoms with Gasteiger partial charge in [0.25, 0.3) is 0 Å². The standard InChI is InChI=1S/C14H24N2O3S/c1-14(2,3)8-11-20(17,18)16-9-10-19-13-7-5-4-6-12(13)15/h4-7,16H,8-11,15H2,1-3H3. The molecule has 3 N–H and O–H groups in total. The van der Waals surface area contributed by atoms with Gasteiger partial charge in [-0.15, -0.1) is 0 Å². The van der Waals surface area contributed by atoms with E-state index in [-0.39, 0.29) is 24.3 Å². The van der Waals surface area contributed by atoms with Gasteiger partial charge in [-0.05, 0) is 24.0 Å². The summed E-state index contributed by atoms with van der Waals surface area (Å²) in [7, 11) is -3.24. The highest BCUT2D eigenvalue weighted by atomic mass is 32.2. The minimum atomic E-state index is -3.24. The number of hydrogen-bond acceptors (Lipinski definition) is 4. The molecular formula is C14H24N2O3S. The van der Waals surface area contributed by atoms with E-state index in [9.17, 15) is 8.42 Å². The first kappa shape index (κ1) is 16.8. The van der Waals surface area contributed by atoms with Crippen LogP contribution < -0.4 is 15.2 Å². The van der Waals surface area contributed by atoms with Crippen molar-refractivity contribution in [1.29, 1.82) is 0 Å².